The van der Waals surface area contributed by atoms with Gasteiger partial charge >= 0.3 is 0 Å². The highest BCUT2D eigenvalue weighted by Crippen LogP contribution is 2.24. The molecule has 0 aliphatic carbocycles. The van der Waals surface area contributed by atoms with Crippen LogP contribution in [0.15, 0.2) is 29.3 Å². The van der Waals surface area contributed by atoms with E-state index in [1.165, 1.54) is 11.1 Å². The van der Waals surface area contributed by atoms with E-state index in [4.69, 9.17) is 0 Å². The van der Waals surface area contributed by atoms with Crippen LogP contribution in [0.25, 0.3) is 0 Å². The van der Waals surface area contributed by atoms with E-state index in [9.17, 15) is 0 Å². The van der Waals surface area contributed by atoms with Crippen LogP contribution < -0.4 is 0 Å². The number of alkyl halides is 1. The fraction of sp³-hybridized carbons (Fsp3) is 0.462. The van der Waals surface area contributed by atoms with Gasteiger partial charge in [-0.1, -0.05) is 57.5 Å². The Kier molecular flexibility index (Phi) is 4.51. The molecule has 0 aromatic heterocycles. The van der Waals surface area contributed by atoms with Crippen molar-refractivity contribution >= 4 is 32.9 Å². The van der Waals surface area contributed by atoms with Crippen molar-refractivity contribution in [3.05, 3.63) is 35.4 Å². The number of amidine groups is 1. The van der Waals surface area contributed by atoms with E-state index in [1.807, 2.05) is 11.8 Å². The number of hydrogen-bond donors (Lipinski definition) is 0. The molecule has 0 saturated heterocycles. The summed E-state index contributed by atoms with van der Waals surface area (Å²) in [5.74, 6) is 0. The van der Waals surface area contributed by atoms with Gasteiger partial charge in [-0.05, 0) is 12.5 Å². The SMILES string of the molecule is Cc1ccc(CN(C)C2=NCC(CBr)S2)cc1. The summed E-state index contributed by atoms with van der Waals surface area (Å²) in [4.78, 5) is 6.81. The second kappa shape index (κ2) is 5.91. The standard InChI is InChI=1S/C13H17BrN2S/c1-10-3-5-11(6-4-10)9-16(2)13-15-8-12(7-14)17-13/h3-6,12H,7-9H2,1-2H3. The number of nitrogens with zero attached hydrogens (tertiary/aromatic N) is 2. The Morgan fingerprint density at radius 2 is 2.12 bits per heavy atom. The maximum Gasteiger partial charge on any atom is 0.159 e. The third kappa shape index (κ3) is 3.49. The molecule has 17 heavy (non-hydrogen) atoms. The van der Waals surface area contributed by atoms with Crippen molar-refractivity contribution in [3.63, 3.8) is 0 Å². The van der Waals surface area contributed by atoms with Crippen LogP contribution >= 0.6 is 27.7 Å². The van der Waals surface area contributed by atoms with E-state index in [1.54, 1.807) is 0 Å². The first-order valence-electron chi connectivity index (χ1n) is 5.73. The lowest BCUT2D eigenvalue weighted by molar-refractivity contribution is 0.510. The predicted molar refractivity (Wildman–Crippen MR) is 80.1 cm³/mol. The third-order valence-electron chi connectivity index (χ3n) is 2.74. The van der Waals surface area contributed by atoms with Crippen molar-refractivity contribution < 1.29 is 0 Å². The summed E-state index contributed by atoms with van der Waals surface area (Å²) in [5.41, 5.74) is 2.65. The molecule has 0 fully saturated rings. The Bertz CT molecular complexity index is 402. The molecule has 1 atom stereocenters. The number of halogens is 1. The minimum Gasteiger partial charge on any atom is -0.350 e. The minimum atomic E-state index is 0.602. The van der Waals surface area contributed by atoms with E-state index < -0.39 is 0 Å². The van der Waals surface area contributed by atoms with E-state index in [-0.39, 0.29) is 0 Å². The van der Waals surface area contributed by atoms with Gasteiger partial charge < -0.3 is 4.90 Å². The molecule has 1 unspecified atom stereocenters. The summed E-state index contributed by atoms with van der Waals surface area (Å²) in [6.07, 6.45) is 0. The van der Waals surface area contributed by atoms with E-state index >= 15 is 0 Å². The van der Waals surface area contributed by atoms with Crippen LogP contribution in [-0.2, 0) is 6.54 Å². The molecule has 1 heterocycles. The van der Waals surface area contributed by atoms with Gasteiger partial charge in [0.15, 0.2) is 5.17 Å². The summed E-state index contributed by atoms with van der Waals surface area (Å²) in [5, 5.41) is 2.78. The zero-order chi connectivity index (χ0) is 12.3. The average Bonchev–Trinajstić information content (AvgIpc) is 2.81. The van der Waals surface area contributed by atoms with Gasteiger partial charge in [0, 0.05) is 24.2 Å². The van der Waals surface area contributed by atoms with Crippen LogP contribution in [0.2, 0.25) is 0 Å². The summed E-state index contributed by atoms with van der Waals surface area (Å²) in [7, 11) is 2.11. The summed E-state index contributed by atoms with van der Waals surface area (Å²) < 4.78 is 0. The molecular formula is C13H17BrN2S. The summed E-state index contributed by atoms with van der Waals surface area (Å²) in [6.45, 7) is 3.98. The van der Waals surface area contributed by atoms with Crippen molar-refractivity contribution in [2.24, 2.45) is 4.99 Å². The maximum absolute atomic E-state index is 4.58. The van der Waals surface area contributed by atoms with Gasteiger partial charge in [0.25, 0.3) is 0 Å². The Balaban J connectivity index is 1.93. The highest BCUT2D eigenvalue weighted by atomic mass is 79.9. The molecule has 0 radical (unpaired) electrons. The Morgan fingerprint density at radius 3 is 2.71 bits per heavy atom. The number of thioether (sulfide) groups is 1. The molecule has 92 valence electrons. The van der Waals surface area contributed by atoms with Gasteiger partial charge in [0.1, 0.15) is 0 Å². The van der Waals surface area contributed by atoms with E-state index in [2.05, 4.69) is 64.1 Å². The van der Waals surface area contributed by atoms with Crippen LogP contribution in [-0.4, -0.2) is 34.2 Å². The highest BCUT2D eigenvalue weighted by molar-refractivity contribution is 9.09. The van der Waals surface area contributed by atoms with Crippen LogP contribution in [0.4, 0.5) is 0 Å². The molecule has 0 spiro atoms. The van der Waals surface area contributed by atoms with Gasteiger partial charge in [-0.25, -0.2) is 0 Å². The molecule has 0 saturated carbocycles. The Morgan fingerprint density at radius 1 is 1.41 bits per heavy atom. The first-order valence-corrected chi connectivity index (χ1v) is 7.73. The van der Waals surface area contributed by atoms with Crippen LogP contribution in [0.5, 0.6) is 0 Å². The first kappa shape index (κ1) is 13.0. The number of rotatable bonds is 3. The number of aryl methyl sites for hydroxylation is 1. The molecule has 0 amide bonds. The van der Waals surface area contributed by atoms with Crippen LogP contribution in [0.1, 0.15) is 11.1 Å². The predicted octanol–water partition coefficient (Wildman–Crippen LogP) is 3.29. The normalized spacial score (nSPS) is 19.2. The van der Waals surface area contributed by atoms with Crippen molar-refractivity contribution in [2.75, 3.05) is 18.9 Å². The molecule has 2 rings (SSSR count). The largest absolute Gasteiger partial charge is 0.350 e. The van der Waals surface area contributed by atoms with Crippen molar-refractivity contribution in [1.29, 1.82) is 0 Å². The highest BCUT2D eigenvalue weighted by Gasteiger charge is 2.21. The van der Waals surface area contributed by atoms with Crippen molar-refractivity contribution in [2.45, 2.75) is 18.7 Å². The lowest BCUT2D eigenvalue weighted by atomic mass is 10.1. The monoisotopic (exact) mass is 312 g/mol. The molecule has 4 heteroatoms. The van der Waals surface area contributed by atoms with Crippen LogP contribution in [0, 0.1) is 6.92 Å². The quantitative estimate of drug-likeness (QED) is 0.796. The van der Waals surface area contributed by atoms with Gasteiger partial charge in [0.2, 0.25) is 0 Å². The lowest BCUT2D eigenvalue weighted by Crippen LogP contribution is -2.22. The first-order chi connectivity index (χ1) is 8.19. The molecule has 0 N–H and O–H groups in total. The van der Waals surface area contributed by atoms with Crippen molar-refractivity contribution in [3.8, 4) is 0 Å². The molecule has 1 aromatic rings. The molecule has 2 nitrogen and oxygen atoms in total. The van der Waals surface area contributed by atoms with Crippen molar-refractivity contribution in [1.82, 2.24) is 4.90 Å². The number of hydrogen-bond acceptors (Lipinski definition) is 3. The van der Waals surface area contributed by atoms with Gasteiger partial charge in [-0.2, -0.15) is 0 Å². The summed E-state index contributed by atoms with van der Waals surface area (Å²) >= 11 is 5.39. The zero-order valence-corrected chi connectivity index (χ0v) is 12.6. The molecular weight excluding hydrogens is 296 g/mol. The average molecular weight is 313 g/mol. The van der Waals surface area contributed by atoms with E-state index in [0.29, 0.717) is 5.25 Å². The van der Waals surface area contributed by atoms with Gasteiger partial charge in [0.05, 0.1) is 6.54 Å². The smallest absolute Gasteiger partial charge is 0.159 e. The van der Waals surface area contributed by atoms with E-state index in [0.717, 1.165) is 23.6 Å². The van der Waals surface area contributed by atoms with Gasteiger partial charge in [-0.3, -0.25) is 4.99 Å². The molecule has 1 aromatic carbocycles. The molecule has 1 aliphatic rings. The lowest BCUT2D eigenvalue weighted by Gasteiger charge is -2.19. The number of benzene rings is 1. The maximum atomic E-state index is 4.58. The third-order valence-corrected chi connectivity index (χ3v) is 5.25. The number of aliphatic imine (C=N–C) groups is 1. The molecule has 0 bridgehead atoms. The zero-order valence-electron chi connectivity index (χ0n) is 10.2. The summed E-state index contributed by atoms with van der Waals surface area (Å²) in [6, 6.07) is 8.70. The minimum absolute atomic E-state index is 0.602. The topological polar surface area (TPSA) is 15.6 Å². The Labute approximate surface area is 116 Å². The molecule has 1 aliphatic heterocycles. The Hall–Kier alpha value is -0.480. The van der Waals surface area contributed by atoms with Crippen LogP contribution in [0.3, 0.4) is 0 Å². The second-order valence-corrected chi connectivity index (χ2v) is 6.27. The second-order valence-electron chi connectivity index (χ2n) is 4.36. The fourth-order valence-electron chi connectivity index (χ4n) is 1.73. The fourth-order valence-corrected chi connectivity index (χ4v) is 3.23. The van der Waals surface area contributed by atoms with Gasteiger partial charge in [-0.15, -0.1) is 0 Å².